The van der Waals surface area contributed by atoms with E-state index in [1.807, 2.05) is 19.2 Å². The predicted octanol–water partition coefficient (Wildman–Crippen LogP) is 2.40. The van der Waals surface area contributed by atoms with Crippen LogP contribution in [0.4, 0.5) is 5.69 Å². The van der Waals surface area contributed by atoms with Crippen LogP contribution in [0.1, 0.15) is 28.0 Å². The molecule has 3 N–H and O–H groups in total. The van der Waals surface area contributed by atoms with Crippen LogP contribution in [-0.2, 0) is 6.42 Å². The molecule has 1 aromatic heterocycles. The molecule has 0 saturated heterocycles. The minimum Gasteiger partial charge on any atom is -0.492 e. The van der Waals surface area contributed by atoms with E-state index in [9.17, 15) is 4.79 Å². The summed E-state index contributed by atoms with van der Waals surface area (Å²) in [6.45, 7) is 4.95. The van der Waals surface area contributed by atoms with Crippen LogP contribution in [0.5, 0.6) is 5.75 Å². The number of nitrogens with two attached hydrogens (primary N) is 1. The highest BCUT2D eigenvalue weighted by Gasteiger charge is 2.09. The van der Waals surface area contributed by atoms with E-state index in [2.05, 4.69) is 10.3 Å². The second-order valence-corrected chi connectivity index (χ2v) is 5.52. The SMILES string of the molecule is CCOc1ccc(C(=O)NCCc2nc(C)cs2)cc1N. The van der Waals surface area contributed by atoms with Crippen LogP contribution < -0.4 is 15.8 Å². The second-order valence-electron chi connectivity index (χ2n) is 4.57. The summed E-state index contributed by atoms with van der Waals surface area (Å²) >= 11 is 1.61. The number of anilines is 1. The van der Waals surface area contributed by atoms with E-state index >= 15 is 0 Å². The second kappa shape index (κ2) is 7.08. The summed E-state index contributed by atoms with van der Waals surface area (Å²) in [7, 11) is 0. The fourth-order valence-electron chi connectivity index (χ4n) is 1.88. The lowest BCUT2D eigenvalue weighted by molar-refractivity contribution is 0.0954. The van der Waals surface area contributed by atoms with Gasteiger partial charge in [-0.1, -0.05) is 0 Å². The largest absolute Gasteiger partial charge is 0.492 e. The molecule has 0 aliphatic rings. The zero-order chi connectivity index (χ0) is 15.2. The summed E-state index contributed by atoms with van der Waals surface area (Å²) in [6.07, 6.45) is 0.733. The molecule has 0 radical (unpaired) electrons. The van der Waals surface area contributed by atoms with Gasteiger partial charge in [0.2, 0.25) is 0 Å². The lowest BCUT2D eigenvalue weighted by atomic mass is 10.1. The van der Waals surface area contributed by atoms with E-state index in [4.69, 9.17) is 10.5 Å². The van der Waals surface area contributed by atoms with E-state index in [1.54, 1.807) is 29.5 Å². The highest BCUT2D eigenvalue weighted by molar-refractivity contribution is 7.09. The molecule has 2 rings (SSSR count). The van der Waals surface area contributed by atoms with Gasteiger partial charge in [-0.3, -0.25) is 4.79 Å². The zero-order valence-corrected chi connectivity index (χ0v) is 13.0. The summed E-state index contributed by atoms with van der Waals surface area (Å²) in [5.74, 6) is 0.463. The zero-order valence-electron chi connectivity index (χ0n) is 12.2. The standard InChI is InChI=1S/C15H19N3O2S/c1-3-20-13-5-4-11(8-12(13)16)15(19)17-7-6-14-18-10(2)9-21-14/h4-5,8-9H,3,6-7,16H2,1-2H3,(H,17,19). The molecule has 21 heavy (non-hydrogen) atoms. The molecule has 0 atom stereocenters. The first-order chi connectivity index (χ1) is 10.1. The van der Waals surface area contributed by atoms with Gasteiger partial charge >= 0.3 is 0 Å². The lowest BCUT2D eigenvalue weighted by Gasteiger charge is -2.09. The molecule has 2 aromatic rings. The number of carbonyl (C=O) groups excluding carboxylic acids is 1. The van der Waals surface area contributed by atoms with Gasteiger partial charge in [0.1, 0.15) is 5.75 Å². The van der Waals surface area contributed by atoms with Crippen LogP contribution in [0, 0.1) is 6.92 Å². The molecule has 0 fully saturated rings. The number of rotatable bonds is 6. The Hall–Kier alpha value is -2.08. The van der Waals surface area contributed by atoms with Gasteiger partial charge in [-0.05, 0) is 32.0 Å². The quantitative estimate of drug-likeness (QED) is 0.803. The first-order valence-electron chi connectivity index (χ1n) is 6.81. The maximum absolute atomic E-state index is 12.0. The van der Waals surface area contributed by atoms with Crippen LogP contribution in [-0.4, -0.2) is 24.0 Å². The van der Waals surface area contributed by atoms with Crippen molar-refractivity contribution in [2.24, 2.45) is 0 Å². The number of thiazole rings is 1. The summed E-state index contributed by atoms with van der Waals surface area (Å²) in [5, 5.41) is 5.90. The normalized spacial score (nSPS) is 10.4. The molecule has 112 valence electrons. The minimum atomic E-state index is -0.141. The first kappa shape index (κ1) is 15.3. The number of ether oxygens (including phenoxy) is 1. The van der Waals surface area contributed by atoms with E-state index in [1.165, 1.54) is 0 Å². The van der Waals surface area contributed by atoms with Crippen molar-refractivity contribution >= 4 is 22.9 Å². The van der Waals surface area contributed by atoms with Gasteiger partial charge in [0, 0.05) is 29.6 Å². The number of aryl methyl sites for hydroxylation is 1. The molecule has 0 unspecified atom stereocenters. The van der Waals surface area contributed by atoms with Crippen molar-refractivity contribution in [3.05, 3.63) is 39.8 Å². The molecule has 1 aromatic carbocycles. The average molecular weight is 305 g/mol. The molecular formula is C15H19N3O2S. The number of benzene rings is 1. The molecule has 1 heterocycles. The third kappa shape index (κ3) is 4.19. The summed E-state index contributed by atoms with van der Waals surface area (Å²) in [5.41, 5.74) is 7.87. The van der Waals surface area contributed by atoms with Crippen molar-refractivity contribution in [3.8, 4) is 5.75 Å². The molecule has 5 nitrogen and oxygen atoms in total. The lowest BCUT2D eigenvalue weighted by Crippen LogP contribution is -2.25. The number of aromatic nitrogens is 1. The molecule has 0 spiro atoms. The number of hydrogen-bond donors (Lipinski definition) is 2. The van der Waals surface area contributed by atoms with Gasteiger partial charge in [-0.15, -0.1) is 11.3 Å². The average Bonchev–Trinajstić information content (AvgIpc) is 2.87. The Balaban J connectivity index is 1.89. The smallest absolute Gasteiger partial charge is 0.251 e. The number of amides is 1. The van der Waals surface area contributed by atoms with Crippen molar-refractivity contribution in [2.45, 2.75) is 20.3 Å². The Morgan fingerprint density at radius 2 is 2.29 bits per heavy atom. The van der Waals surface area contributed by atoms with Crippen LogP contribution >= 0.6 is 11.3 Å². The minimum absolute atomic E-state index is 0.141. The molecule has 6 heteroatoms. The third-order valence-corrected chi connectivity index (χ3v) is 3.89. The molecule has 0 aliphatic carbocycles. The third-order valence-electron chi connectivity index (χ3n) is 2.86. The molecule has 0 aliphatic heterocycles. The van der Waals surface area contributed by atoms with Crippen molar-refractivity contribution in [1.29, 1.82) is 0 Å². The molecule has 0 bridgehead atoms. The highest BCUT2D eigenvalue weighted by atomic mass is 32.1. The van der Waals surface area contributed by atoms with Crippen molar-refractivity contribution in [2.75, 3.05) is 18.9 Å². The Morgan fingerprint density at radius 3 is 2.90 bits per heavy atom. The molecule has 1 amide bonds. The van der Waals surface area contributed by atoms with Crippen LogP contribution in [0.15, 0.2) is 23.6 Å². The Kier molecular flexibility index (Phi) is 5.16. The number of nitrogens with one attached hydrogen (secondary N) is 1. The summed E-state index contributed by atoms with van der Waals surface area (Å²) in [4.78, 5) is 16.4. The van der Waals surface area contributed by atoms with Crippen LogP contribution in [0.3, 0.4) is 0 Å². The van der Waals surface area contributed by atoms with Gasteiger partial charge in [0.25, 0.3) is 5.91 Å². The Morgan fingerprint density at radius 1 is 1.48 bits per heavy atom. The predicted molar refractivity (Wildman–Crippen MR) is 84.9 cm³/mol. The van der Waals surface area contributed by atoms with Crippen molar-refractivity contribution in [3.63, 3.8) is 0 Å². The van der Waals surface area contributed by atoms with Gasteiger partial charge in [0.05, 0.1) is 17.3 Å². The van der Waals surface area contributed by atoms with Gasteiger partial charge < -0.3 is 15.8 Å². The van der Waals surface area contributed by atoms with Gasteiger partial charge in [0.15, 0.2) is 0 Å². The van der Waals surface area contributed by atoms with E-state index in [0.717, 1.165) is 17.1 Å². The summed E-state index contributed by atoms with van der Waals surface area (Å²) < 4.78 is 5.35. The van der Waals surface area contributed by atoms with Crippen molar-refractivity contribution < 1.29 is 9.53 Å². The number of carbonyl (C=O) groups is 1. The first-order valence-corrected chi connectivity index (χ1v) is 7.69. The molecular weight excluding hydrogens is 286 g/mol. The Labute approximate surface area is 128 Å². The fraction of sp³-hybridized carbons (Fsp3) is 0.333. The topological polar surface area (TPSA) is 77.2 Å². The van der Waals surface area contributed by atoms with E-state index in [-0.39, 0.29) is 5.91 Å². The maximum Gasteiger partial charge on any atom is 0.251 e. The van der Waals surface area contributed by atoms with Crippen LogP contribution in [0.25, 0.3) is 0 Å². The van der Waals surface area contributed by atoms with Crippen LogP contribution in [0.2, 0.25) is 0 Å². The fourth-order valence-corrected chi connectivity index (χ4v) is 2.66. The van der Waals surface area contributed by atoms with E-state index in [0.29, 0.717) is 30.2 Å². The maximum atomic E-state index is 12.0. The number of hydrogen-bond acceptors (Lipinski definition) is 5. The van der Waals surface area contributed by atoms with Gasteiger partial charge in [-0.2, -0.15) is 0 Å². The molecule has 0 saturated carbocycles. The highest BCUT2D eigenvalue weighted by Crippen LogP contribution is 2.22. The monoisotopic (exact) mass is 305 g/mol. The van der Waals surface area contributed by atoms with Crippen molar-refractivity contribution in [1.82, 2.24) is 10.3 Å². The Bertz CT molecular complexity index is 625. The van der Waals surface area contributed by atoms with Gasteiger partial charge in [-0.25, -0.2) is 4.98 Å². The summed E-state index contributed by atoms with van der Waals surface area (Å²) in [6, 6.07) is 5.07. The number of nitrogens with zero attached hydrogens (tertiary/aromatic N) is 1. The van der Waals surface area contributed by atoms with E-state index < -0.39 is 0 Å². The number of nitrogen functional groups attached to an aromatic ring is 1.